The van der Waals surface area contributed by atoms with Gasteiger partial charge in [0.05, 0.1) is 4.90 Å². The van der Waals surface area contributed by atoms with Crippen LogP contribution in [0.2, 0.25) is 0 Å². The smallest absolute Gasteiger partial charge is 0.224 e. The number of aldehydes is 1. The summed E-state index contributed by atoms with van der Waals surface area (Å²) in [4.78, 5) is 17.4. The van der Waals surface area contributed by atoms with Gasteiger partial charge in [-0.15, -0.1) is 0 Å². The van der Waals surface area contributed by atoms with Gasteiger partial charge in [-0.2, -0.15) is 0 Å². The van der Waals surface area contributed by atoms with Gasteiger partial charge in [0.15, 0.2) is 11.3 Å². The van der Waals surface area contributed by atoms with E-state index in [1.807, 2.05) is 0 Å². The van der Waals surface area contributed by atoms with Gasteiger partial charge in [0.25, 0.3) is 0 Å². The molecule has 0 bridgehead atoms. The van der Waals surface area contributed by atoms with E-state index in [0.717, 1.165) is 12.1 Å². The van der Waals surface area contributed by atoms with Crippen molar-refractivity contribution in [3.63, 3.8) is 0 Å². The second-order valence-corrected chi connectivity index (χ2v) is 6.26. The Hall–Kier alpha value is -2.54. The van der Waals surface area contributed by atoms with Gasteiger partial charge in [-0.05, 0) is 30.3 Å². The number of aromatic nitrogens is 2. The summed E-state index contributed by atoms with van der Waals surface area (Å²) < 4.78 is 38.0. The first kappa shape index (κ1) is 13.4. The Labute approximate surface area is 119 Å². The van der Waals surface area contributed by atoms with Crippen LogP contribution in [-0.2, 0) is 9.84 Å². The zero-order valence-corrected chi connectivity index (χ0v) is 11.4. The van der Waals surface area contributed by atoms with Crippen molar-refractivity contribution in [1.29, 1.82) is 0 Å². The van der Waals surface area contributed by atoms with Crippen molar-refractivity contribution in [3.8, 4) is 0 Å². The van der Waals surface area contributed by atoms with E-state index in [9.17, 15) is 17.6 Å². The monoisotopic (exact) mass is 304 g/mol. The summed E-state index contributed by atoms with van der Waals surface area (Å²) in [5.74, 6) is -0.639. The summed E-state index contributed by atoms with van der Waals surface area (Å²) in [5.41, 5.74) is 0.682. The van der Waals surface area contributed by atoms with E-state index >= 15 is 0 Å². The zero-order valence-electron chi connectivity index (χ0n) is 10.6. The molecule has 5 nitrogen and oxygen atoms in total. The maximum atomic E-state index is 13.2. The molecule has 3 aromatic rings. The Kier molecular flexibility index (Phi) is 3.06. The lowest BCUT2D eigenvalue weighted by molar-refractivity contribution is 0.112. The highest BCUT2D eigenvalue weighted by Crippen LogP contribution is 2.23. The highest BCUT2D eigenvalue weighted by Gasteiger charge is 2.20. The topological polar surface area (TPSA) is 79.9 Å². The van der Waals surface area contributed by atoms with E-state index in [1.165, 1.54) is 30.5 Å². The van der Waals surface area contributed by atoms with Crippen LogP contribution in [0.15, 0.2) is 52.5 Å². The third-order valence-electron chi connectivity index (χ3n) is 3.05. The van der Waals surface area contributed by atoms with Crippen LogP contribution in [0.4, 0.5) is 4.39 Å². The van der Waals surface area contributed by atoms with E-state index in [4.69, 9.17) is 0 Å². The SMILES string of the molecule is O=Cc1c[nH]c2nc(S(=O)(=O)c3cccc(F)c3)ccc12. The number of carbonyl (C=O) groups excluding carboxylic acids is 1. The third-order valence-corrected chi connectivity index (χ3v) is 4.71. The van der Waals surface area contributed by atoms with E-state index in [0.29, 0.717) is 17.2 Å². The molecule has 2 heterocycles. The summed E-state index contributed by atoms with van der Waals surface area (Å²) in [5, 5.41) is 0.322. The minimum Gasteiger partial charge on any atom is -0.345 e. The Morgan fingerprint density at radius 2 is 2.00 bits per heavy atom. The number of hydrogen-bond donors (Lipinski definition) is 1. The van der Waals surface area contributed by atoms with Gasteiger partial charge in [0, 0.05) is 17.1 Å². The second kappa shape index (κ2) is 4.78. The summed E-state index contributed by atoms with van der Waals surface area (Å²) in [7, 11) is -3.91. The lowest BCUT2D eigenvalue weighted by Crippen LogP contribution is -2.04. The standard InChI is InChI=1S/C14H9FN2O3S/c15-10-2-1-3-11(6-10)21(19,20)13-5-4-12-9(8-18)7-16-14(12)17-13/h1-8H,(H,16,17). The molecule has 0 amide bonds. The van der Waals surface area contributed by atoms with Crippen molar-refractivity contribution in [3.05, 3.63) is 54.0 Å². The summed E-state index contributed by atoms with van der Waals surface area (Å²) in [6, 6.07) is 7.51. The molecule has 0 radical (unpaired) electrons. The molecule has 0 aliphatic rings. The molecular weight excluding hydrogens is 295 g/mol. The first-order valence-corrected chi connectivity index (χ1v) is 7.44. The number of pyridine rings is 1. The van der Waals surface area contributed by atoms with Crippen LogP contribution < -0.4 is 0 Å². The van der Waals surface area contributed by atoms with Gasteiger partial charge in [0.1, 0.15) is 11.5 Å². The van der Waals surface area contributed by atoms with E-state index in [2.05, 4.69) is 9.97 Å². The summed E-state index contributed by atoms with van der Waals surface area (Å²) in [6.45, 7) is 0. The van der Waals surface area contributed by atoms with Crippen molar-refractivity contribution in [2.24, 2.45) is 0 Å². The Balaban J connectivity index is 2.17. The van der Waals surface area contributed by atoms with Crippen LogP contribution in [-0.4, -0.2) is 24.7 Å². The fourth-order valence-electron chi connectivity index (χ4n) is 2.01. The van der Waals surface area contributed by atoms with Gasteiger partial charge < -0.3 is 4.98 Å². The average Bonchev–Trinajstić information content (AvgIpc) is 2.89. The number of fused-ring (bicyclic) bond motifs is 1. The lowest BCUT2D eigenvalue weighted by Gasteiger charge is -2.04. The predicted molar refractivity (Wildman–Crippen MR) is 73.3 cm³/mol. The molecule has 21 heavy (non-hydrogen) atoms. The van der Waals surface area contributed by atoms with Crippen LogP contribution in [0.3, 0.4) is 0 Å². The van der Waals surface area contributed by atoms with Crippen molar-refractivity contribution >= 4 is 27.2 Å². The molecule has 0 spiro atoms. The highest BCUT2D eigenvalue weighted by molar-refractivity contribution is 7.91. The van der Waals surface area contributed by atoms with Gasteiger partial charge in [-0.1, -0.05) is 6.07 Å². The number of halogens is 1. The van der Waals surface area contributed by atoms with Gasteiger partial charge >= 0.3 is 0 Å². The number of carbonyl (C=O) groups is 1. The molecule has 1 N–H and O–H groups in total. The number of nitrogens with one attached hydrogen (secondary N) is 1. The molecule has 2 aromatic heterocycles. The fraction of sp³-hybridized carbons (Fsp3) is 0. The normalized spacial score (nSPS) is 11.7. The summed E-state index contributed by atoms with van der Waals surface area (Å²) >= 11 is 0. The number of nitrogens with zero attached hydrogens (tertiary/aromatic N) is 1. The third kappa shape index (κ3) is 2.21. The Morgan fingerprint density at radius 3 is 2.71 bits per heavy atom. The molecule has 0 atom stereocenters. The van der Waals surface area contributed by atoms with Crippen molar-refractivity contribution < 1.29 is 17.6 Å². The molecule has 0 saturated carbocycles. The van der Waals surface area contributed by atoms with Crippen LogP contribution in [0.1, 0.15) is 10.4 Å². The zero-order chi connectivity index (χ0) is 15.0. The number of aromatic amines is 1. The highest BCUT2D eigenvalue weighted by atomic mass is 32.2. The molecular formula is C14H9FN2O3S. The van der Waals surface area contributed by atoms with E-state index < -0.39 is 15.7 Å². The van der Waals surface area contributed by atoms with Crippen molar-refractivity contribution in [1.82, 2.24) is 9.97 Å². The number of benzene rings is 1. The fourth-order valence-corrected chi connectivity index (χ4v) is 3.24. The number of H-pyrrole nitrogens is 1. The molecule has 1 aromatic carbocycles. The first-order valence-electron chi connectivity index (χ1n) is 5.96. The van der Waals surface area contributed by atoms with Crippen molar-refractivity contribution in [2.75, 3.05) is 0 Å². The van der Waals surface area contributed by atoms with Gasteiger partial charge in [-0.25, -0.2) is 17.8 Å². The van der Waals surface area contributed by atoms with E-state index in [-0.39, 0.29) is 15.6 Å². The van der Waals surface area contributed by atoms with Crippen LogP contribution in [0, 0.1) is 5.82 Å². The lowest BCUT2D eigenvalue weighted by atomic mass is 10.2. The molecule has 0 aliphatic carbocycles. The first-order chi connectivity index (χ1) is 10.0. The molecule has 7 heteroatoms. The molecule has 0 unspecified atom stereocenters. The Bertz CT molecular complexity index is 948. The Morgan fingerprint density at radius 1 is 1.19 bits per heavy atom. The molecule has 106 valence electrons. The van der Waals surface area contributed by atoms with Gasteiger partial charge in [0.2, 0.25) is 9.84 Å². The van der Waals surface area contributed by atoms with Crippen LogP contribution in [0.25, 0.3) is 11.0 Å². The minimum atomic E-state index is -3.91. The molecule has 3 rings (SSSR count). The quantitative estimate of drug-likeness (QED) is 0.753. The molecule has 0 saturated heterocycles. The second-order valence-electron chi connectivity index (χ2n) is 4.37. The number of sulfone groups is 1. The summed E-state index contributed by atoms with van der Waals surface area (Å²) in [6.07, 6.45) is 2.10. The van der Waals surface area contributed by atoms with E-state index in [1.54, 1.807) is 0 Å². The van der Waals surface area contributed by atoms with Crippen molar-refractivity contribution in [2.45, 2.75) is 9.92 Å². The maximum Gasteiger partial charge on any atom is 0.224 e. The predicted octanol–water partition coefficient (Wildman–Crippen LogP) is 2.35. The molecule has 0 fully saturated rings. The molecule has 0 aliphatic heterocycles. The average molecular weight is 304 g/mol. The van der Waals surface area contributed by atoms with Crippen LogP contribution >= 0.6 is 0 Å². The number of hydrogen-bond acceptors (Lipinski definition) is 4. The minimum absolute atomic E-state index is 0.170. The van der Waals surface area contributed by atoms with Gasteiger partial charge in [-0.3, -0.25) is 4.79 Å². The van der Waals surface area contributed by atoms with Crippen LogP contribution in [0.5, 0.6) is 0 Å². The number of rotatable bonds is 3. The maximum absolute atomic E-state index is 13.2. The largest absolute Gasteiger partial charge is 0.345 e.